The van der Waals surface area contributed by atoms with Crippen LogP contribution in [0.15, 0.2) is 47.4 Å². The maximum Gasteiger partial charge on any atom is 0.196 e. The summed E-state index contributed by atoms with van der Waals surface area (Å²) < 4.78 is 8.05. The van der Waals surface area contributed by atoms with Crippen molar-refractivity contribution in [3.8, 4) is 0 Å². The number of fused-ring (bicyclic) bond motifs is 3. The molecule has 6 heteroatoms. The monoisotopic (exact) mass is 321 g/mol. The Bertz CT molecular complexity index is 958. The third-order valence-corrected chi connectivity index (χ3v) is 4.03. The van der Waals surface area contributed by atoms with E-state index >= 15 is 0 Å². The van der Waals surface area contributed by atoms with E-state index in [1.165, 1.54) is 0 Å². The highest BCUT2D eigenvalue weighted by Crippen LogP contribution is 2.31. The maximum atomic E-state index is 5.98. The molecule has 0 radical (unpaired) electrons. The van der Waals surface area contributed by atoms with Crippen molar-refractivity contribution in [2.45, 2.75) is 26.3 Å². The molecule has 0 aliphatic carbocycles. The summed E-state index contributed by atoms with van der Waals surface area (Å²) in [6.07, 6.45) is 7.36. The van der Waals surface area contributed by atoms with E-state index in [-0.39, 0.29) is 0 Å². The molecule has 0 fully saturated rings. The quantitative estimate of drug-likeness (QED) is 0.549. The van der Waals surface area contributed by atoms with Crippen LogP contribution in [0.25, 0.3) is 22.1 Å². The lowest BCUT2D eigenvalue weighted by molar-refractivity contribution is 0.652. The molecule has 0 saturated carbocycles. The SMILES string of the molecule is CCc1nc(NCCCn2ccnc2)c2oc3ccccc3c2n1. The maximum absolute atomic E-state index is 5.98. The summed E-state index contributed by atoms with van der Waals surface area (Å²) in [6, 6.07) is 7.97. The molecule has 4 aromatic rings. The van der Waals surface area contributed by atoms with Crippen LogP contribution in [0.5, 0.6) is 0 Å². The molecule has 0 bridgehead atoms. The van der Waals surface area contributed by atoms with Gasteiger partial charge in [0.05, 0.1) is 6.33 Å². The van der Waals surface area contributed by atoms with Gasteiger partial charge in [-0.05, 0) is 18.6 Å². The summed E-state index contributed by atoms with van der Waals surface area (Å²) in [7, 11) is 0. The molecule has 24 heavy (non-hydrogen) atoms. The van der Waals surface area contributed by atoms with E-state index in [1.54, 1.807) is 6.20 Å². The third kappa shape index (κ3) is 2.71. The normalized spacial score (nSPS) is 11.4. The van der Waals surface area contributed by atoms with Crippen LogP contribution < -0.4 is 5.32 Å². The Kier molecular flexibility index (Phi) is 3.86. The van der Waals surface area contributed by atoms with Crippen molar-refractivity contribution in [2.75, 3.05) is 11.9 Å². The fraction of sp³-hybridized carbons (Fsp3) is 0.278. The van der Waals surface area contributed by atoms with Gasteiger partial charge in [-0.25, -0.2) is 15.0 Å². The molecule has 0 spiro atoms. The first kappa shape index (κ1) is 14.7. The minimum atomic E-state index is 0.732. The van der Waals surface area contributed by atoms with E-state index in [0.29, 0.717) is 0 Å². The number of imidazole rings is 1. The second-order valence-electron chi connectivity index (χ2n) is 5.70. The molecule has 1 N–H and O–H groups in total. The minimum Gasteiger partial charge on any atom is -0.450 e. The van der Waals surface area contributed by atoms with Crippen molar-refractivity contribution in [3.63, 3.8) is 0 Å². The van der Waals surface area contributed by atoms with Crippen molar-refractivity contribution in [3.05, 3.63) is 48.8 Å². The lowest BCUT2D eigenvalue weighted by Gasteiger charge is -2.07. The van der Waals surface area contributed by atoms with Gasteiger partial charge in [0.15, 0.2) is 11.4 Å². The van der Waals surface area contributed by atoms with Crippen LogP contribution in [-0.2, 0) is 13.0 Å². The second kappa shape index (κ2) is 6.31. The Hall–Kier alpha value is -2.89. The van der Waals surface area contributed by atoms with Crippen LogP contribution in [0, 0.1) is 0 Å². The van der Waals surface area contributed by atoms with Crippen LogP contribution in [0.4, 0.5) is 5.82 Å². The molecule has 0 aliphatic rings. The molecule has 1 aromatic carbocycles. The predicted molar refractivity (Wildman–Crippen MR) is 94.0 cm³/mol. The van der Waals surface area contributed by atoms with Crippen LogP contribution in [0.1, 0.15) is 19.2 Å². The first-order valence-electron chi connectivity index (χ1n) is 8.23. The van der Waals surface area contributed by atoms with Gasteiger partial charge < -0.3 is 14.3 Å². The first-order chi connectivity index (χ1) is 11.8. The fourth-order valence-corrected chi connectivity index (χ4v) is 2.80. The molecule has 6 nitrogen and oxygen atoms in total. The molecule has 4 rings (SSSR count). The number of para-hydroxylation sites is 1. The Morgan fingerprint density at radius 1 is 1.21 bits per heavy atom. The Balaban J connectivity index is 1.61. The highest BCUT2D eigenvalue weighted by Gasteiger charge is 2.14. The molecule has 0 atom stereocenters. The largest absolute Gasteiger partial charge is 0.450 e. The summed E-state index contributed by atoms with van der Waals surface area (Å²) in [6.45, 7) is 3.79. The number of rotatable bonds is 6. The van der Waals surface area contributed by atoms with Crippen molar-refractivity contribution in [2.24, 2.45) is 0 Å². The predicted octanol–water partition coefficient (Wildman–Crippen LogP) is 3.64. The molecular formula is C18H19N5O. The Morgan fingerprint density at radius 2 is 2.12 bits per heavy atom. The molecule has 0 amide bonds. The standard InChI is InChI=1S/C18H19N5O/c1-2-15-21-16-13-6-3-4-7-14(13)24-17(16)18(22-15)20-8-5-10-23-11-9-19-12-23/h3-4,6-7,9,11-12H,2,5,8,10H2,1H3,(H,20,21,22). The van der Waals surface area contributed by atoms with Crippen molar-refractivity contribution in [1.29, 1.82) is 0 Å². The molecular weight excluding hydrogens is 302 g/mol. The number of nitrogens with one attached hydrogen (secondary N) is 1. The van der Waals surface area contributed by atoms with Crippen LogP contribution in [0.2, 0.25) is 0 Å². The van der Waals surface area contributed by atoms with E-state index in [0.717, 1.165) is 59.6 Å². The van der Waals surface area contributed by atoms with Gasteiger partial charge in [0.1, 0.15) is 16.9 Å². The van der Waals surface area contributed by atoms with Gasteiger partial charge >= 0.3 is 0 Å². The Labute approximate surface area is 139 Å². The molecule has 3 aromatic heterocycles. The Morgan fingerprint density at radius 3 is 2.96 bits per heavy atom. The van der Waals surface area contributed by atoms with Gasteiger partial charge in [-0.1, -0.05) is 19.1 Å². The summed E-state index contributed by atoms with van der Waals surface area (Å²) in [5.41, 5.74) is 2.46. The number of aryl methyl sites for hydroxylation is 2. The average molecular weight is 321 g/mol. The van der Waals surface area contributed by atoms with E-state index in [2.05, 4.69) is 31.8 Å². The van der Waals surface area contributed by atoms with Crippen LogP contribution in [0.3, 0.4) is 0 Å². The summed E-state index contributed by atoms with van der Waals surface area (Å²) in [5.74, 6) is 1.60. The van der Waals surface area contributed by atoms with E-state index in [9.17, 15) is 0 Å². The van der Waals surface area contributed by atoms with Crippen LogP contribution >= 0.6 is 0 Å². The molecule has 0 unspecified atom stereocenters. The van der Waals surface area contributed by atoms with Gasteiger partial charge in [0, 0.05) is 37.3 Å². The van der Waals surface area contributed by atoms with Crippen molar-refractivity contribution in [1.82, 2.24) is 19.5 Å². The second-order valence-corrected chi connectivity index (χ2v) is 5.70. The van der Waals surface area contributed by atoms with Gasteiger partial charge in [-0.15, -0.1) is 0 Å². The van der Waals surface area contributed by atoms with Gasteiger partial charge in [-0.2, -0.15) is 0 Å². The van der Waals surface area contributed by atoms with Crippen LogP contribution in [-0.4, -0.2) is 26.1 Å². The smallest absolute Gasteiger partial charge is 0.196 e. The first-order valence-corrected chi connectivity index (χ1v) is 8.23. The number of nitrogens with zero attached hydrogens (tertiary/aromatic N) is 4. The lowest BCUT2D eigenvalue weighted by atomic mass is 10.2. The van der Waals surface area contributed by atoms with Gasteiger partial charge in [0.25, 0.3) is 0 Å². The topological polar surface area (TPSA) is 68.8 Å². The number of hydrogen-bond acceptors (Lipinski definition) is 5. The van der Waals surface area contributed by atoms with E-state index in [4.69, 9.17) is 4.42 Å². The number of benzene rings is 1. The van der Waals surface area contributed by atoms with Crippen molar-refractivity contribution >= 4 is 27.9 Å². The number of furan rings is 1. The highest BCUT2D eigenvalue weighted by atomic mass is 16.3. The third-order valence-electron chi connectivity index (χ3n) is 4.03. The summed E-state index contributed by atoms with van der Waals surface area (Å²) in [5, 5.41) is 4.44. The number of anilines is 1. The number of hydrogen-bond donors (Lipinski definition) is 1. The summed E-state index contributed by atoms with van der Waals surface area (Å²) in [4.78, 5) is 13.3. The summed E-state index contributed by atoms with van der Waals surface area (Å²) >= 11 is 0. The van der Waals surface area contributed by atoms with E-state index in [1.807, 2.05) is 36.8 Å². The van der Waals surface area contributed by atoms with E-state index < -0.39 is 0 Å². The zero-order valence-electron chi connectivity index (χ0n) is 13.6. The van der Waals surface area contributed by atoms with Gasteiger partial charge in [-0.3, -0.25) is 0 Å². The van der Waals surface area contributed by atoms with Crippen molar-refractivity contribution < 1.29 is 4.42 Å². The lowest BCUT2D eigenvalue weighted by Crippen LogP contribution is -2.08. The zero-order valence-corrected chi connectivity index (χ0v) is 13.6. The fourth-order valence-electron chi connectivity index (χ4n) is 2.80. The van der Waals surface area contributed by atoms with Gasteiger partial charge in [0.2, 0.25) is 0 Å². The molecule has 122 valence electrons. The zero-order chi connectivity index (χ0) is 16.4. The number of aromatic nitrogens is 4. The molecule has 0 aliphatic heterocycles. The minimum absolute atomic E-state index is 0.732. The molecule has 3 heterocycles. The highest BCUT2D eigenvalue weighted by molar-refractivity contribution is 6.05. The molecule has 0 saturated heterocycles. The average Bonchev–Trinajstić information content (AvgIpc) is 3.26.